The number of hydrogen-bond donors (Lipinski definition) is 2. The van der Waals surface area contributed by atoms with Crippen LogP contribution in [-0.4, -0.2) is 17.9 Å². The highest BCUT2D eigenvalue weighted by molar-refractivity contribution is 6.13. The Morgan fingerprint density at radius 1 is 1.21 bits per heavy atom. The van der Waals surface area contributed by atoms with Crippen LogP contribution in [-0.2, 0) is 9.59 Å². The van der Waals surface area contributed by atoms with Gasteiger partial charge in [-0.3, -0.25) is 9.59 Å². The van der Waals surface area contributed by atoms with Crippen molar-refractivity contribution in [1.82, 2.24) is 5.32 Å². The van der Waals surface area contributed by atoms with E-state index in [2.05, 4.69) is 10.6 Å². The molecule has 4 nitrogen and oxygen atoms in total. The molecule has 1 fully saturated rings. The topological polar surface area (TPSA) is 58.2 Å². The van der Waals surface area contributed by atoms with Crippen LogP contribution in [0.2, 0.25) is 0 Å². The lowest BCUT2D eigenvalue weighted by Crippen LogP contribution is -2.42. The van der Waals surface area contributed by atoms with Crippen molar-refractivity contribution in [3.05, 3.63) is 30.1 Å². The number of anilines is 1. The maximum absolute atomic E-state index is 13.5. The SMILES string of the molecule is CC(C)NC(=O)C1(C(=O)Nc2ccccc2F)CC1. The van der Waals surface area contributed by atoms with E-state index in [1.54, 1.807) is 12.1 Å². The predicted octanol–water partition coefficient (Wildman–Crippen LogP) is 2.07. The van der Waals surface area contributed by atoms with Gasteiger partial charge >= 0.3 is 0 Å². The molecule has 1 aliphatic carbocycles. The summed E-state index contributed by atoms with van der Waals surface area (Å²) < 4.78 is 13.5. The largest absolute Gasteiger partial charge is 0.353 e. The van der Waals surface area contributed by atoms with Gasteiger partial charge in [-0.2, -0.15) is 0 Å². The van der Waals surface area contributed by atoms with Gasteiger partial charge in [0.1, 0.15) is 11.2 Å². The summed E-state index contributed by atoms with van der Waals surface area (Å²) in [5.74, 6) is -1.22. The van der Waals surface area contributed by atoms with Crippen molar-refractivity contribution in [2.75, 3.05) is 5.32 Å². The Bertz CT molecular complexity index is 510. The van der Waals surface area contributed by atoms with E-state index in [0.717, 1.165) is 0 Å². The first-order valence-electron chi connectivity index (χ1n) is 6.33. The van der Waals surface area contributed by atoms with Crippen molar-refractivity contribution < 1.29 is 14.0 Å². The third kappa shape index (κ3) is 2.75. The van der Waals surface area contributed by atoms with Crippen LogP contribution in [0, 0.1) is 11.2 Å². The summed E-state index contributed by atoms with van der Waals surface area (Å²) in [6, 6.07) is 5.90. The van der Waals surface area contributed by atoms with Crippen LogP contribution >= 0.6 is 0 Å². The standard InChI is InChI=1S/C14H17FN2O2/c1-9(2)16-12(18)14(7-8-14)13(19)17-11-6-4-3-5-10(11)15/h3-6,9H,7-8H2,1-2H3,(H,16,18)(H,17,19). The maximum Gasteiger partial charge on any atom is 0.240 e. The van der Waals surface area contributed by atoms with Gasteiger partial charge in [0.15, 0.2) is 0 Å². The molecule has 0 saturated heterocycles. The number of carbonyl (C=O) groups excluding carboxylic acids is 2. The summed E-state index contributed by atoms with van der Waals surface area (Å²) in [6.45, 7) is 3.67. The smallest absolute Gasteiger partial charge is 0.240 e. The monoisotopic (exact) mass is 264 g/mol. The summed E-state index contributed by atoms with van der Waals surface area (Å²) in [7, 11) is 0. The molecule has 0 aliphatic heterocycles. The quantitative estimate of drug-likeness (QED) is 0.818. The van der Waals surface area contributed by atoms with Gasteiger partial charge in [-0.05, 0) is 38.8 Å². The minimum absolute atomic E-state index is 0.0220. The van der Waals surface area contributed by atoms with Crippen LogP contribution in [0.1, 0.15) is 26.7 Å². The van der Waals surface area contributed by atoms with Gasteiger partial charge in [0.25, 0.3) is 0 Å². The van der Waals surface area contributed by atoms with Gasteiger partial charge in [0, 0.05) is 6.04 Å². The van der Waals surface area contributed by atoms with Crippen LogP contribution in [0.25, 0.3) is 0 Å². The molecule has 0 atom stereocenters. The molecule has 1 saturated carbocycles. The van der Waals surface area contributed by atoms with Crippen molar-refractivity contribution in [3.8, 4) is 0 Å². The molecule has 0 unspecified atom stereocenters. The Hall–Kier alpha value is -1.91. The first-order valence-corrected chi connectivity index (χ1v) is 6.33. The molecule has 1 aromatic carbocycles. The molecule has 2 amide bonds. The molecule has 5 heteroatoms. The molecule has 1 aromatic rings. The minimum Gasteiger partial charge on any atom is -0.353 e. The zero-order valence-corrected chi connectivity index (χ0v) is 11.0. The fourth-order valence-corrected chi connectivity index (χ4v) is 1.89. The van der Waals surface area contributed by atoms with Crippen molar-refractivity contribution in [3.63, 3.8) is 0 Å². The highest BCUT2D eigenvalue weighted by Crippen LogP contribution is 2.47. The average molecular weight is 264 g/mol. The Kier molecular flexibility index (Phi) is 3.55. The molecular weight excluding hydrogens is 247 g/mol. The number of hydrogen-bond acceptors (Lipinski definition) is 2. The Balaban J connectivity index is 2.08. The van der Waals surface area contributed by atoms with Gasteiger partial charge in [-0.15, -0.1) is 0 Å². The molecule has 19 heavy (non-hydrogen) atoms. The van der Waals surface area contributed by atoms with E-state index in [1.807, 2.05) is 13.8 Å². The number of para-hydroxylation sites is 1. The lowest BCUT2D eigenvalue weighted by atomic mass is 10.0. The first-order chi connectivity index (χ1) is 8.95. The number of amides is 2. The zero-order valence-electron chi connectivity index (χ0n) is 11.0. The molecule has 1 aliphatic rings. The number of rotatable bonds is 4. The second-order valence-corrected chi connectivity index (χ2v) is 5.14. The normalized spacial score (nSPS) is 16.0. The van der Waals surface area contributed by atoms with E-state index >= 15 is 0 Å². The van der Waals surface area contributed by atoms with Crippen molar-refractivity contribution in [1.29, 1.82) is 0 Å². The van der Waals surface area contributed by atoms with E-state index in [0.29, 0.717) is 12.8 Å². The molecule has 102 valence electrons. The molecule has 0 radical (unpaired) electrons. The molecule has 0 spiro atoms. The second-order valence-electron chi connectivity index (χ2n) is 5.14. The van der Waals surface area contributed by atoms with Crippen LogP contribution in [0.15, 0.2) is 24.3 Å². The number of nitrogens with one attached hydrogen (secondary N) is 2. The van der Waals surface area contributed by atoms with E-state index in [1.165, 1.54) is 12.1 Å². The molecule has 0 heterocycles. The third-order valence-electron chi connectivity index (χ3n) is 3.16. The fraction of sp³-hybridized carbons (Fsp3) is 0.429. The summed E-state index contributed by atoms with van der Waals surface area (Å²) in [4.78, 5) is 24.1. The van der Waals surface area contributed by atoms with Gasteiger partial charge in [0.05, 0.1) is 5.69 Å². The molecule has 2 rings (SSSR count). The van der Waals surface area contributed by atoms with Gasteiger partial charge < -0.3 is 10.6 Å². The summed E-state index contributed by atoms with van der Waals surface area (Å²) >= 11 is 0. The summed E-state index contributed by atoms with van der Waals surface area (Å²) in [6.07, 6.45) is 1.01. The van der Waals surface area contributed by atoms with Crippen molar-refractivity contribution in [2.24, 2.45) is 5.41 Å². The lowest BCUT2D eigenvalue weighted by Gasteiger charge is -2.17. The van der Waals surface area contributed by atoms with Crippen LogP contribution in [0.5, 0.6) is 0 Å². The van der Waals surface area contributed by atoms with Gasteiger partial charge in [-0.1, -0.05) is 12.1 Å². The molecule has 0 aromatic heterocycles. The summed E-state index contributed by atoms with van der Waals surface area (Å²) in [5, 5.41) is 5.23. The number of halogens is 1. The van der Waals surface area contributed by atoms with Gasteiger partial charge in [0.2, 0.25) is 11.8 Å². The van der Waals surface area contributed by atoms with Crippen LogP contribution in [0.3, 0.4) is 0 Å². The fourth-order valence-electron chi connectivity index (χ4n) is 1.89. The minimum atomic E-state index is -1.02. The Labute approximate surface area is 111 Å². The third-order valence-corrected chi connectivity index (χ3v) is 3.16. The molecule has 0 bridgehead atoms. The molecule has 2 N–H and O–H groups in total. The maximum atomic E-state index is 13.5. The second kappa shape index (κ2) is 4.99. The van der Waals surface area contributed by atoms with Crippen LogP contribution < -0.4 is 10.6 Å². The Morgan fingerprint density at radius 3 is 2.37 bits per heavy atom. The van der Waals surface area contributed by atoms with E-state index in [9.17, 15) is 14.0 Å². The zero-order chi connectivity index (χ0) is 14.0. The van der Waals surface area contributed by atoms with Gasteiger partial charge in [-0.25, -0.2) is 4.39 Å². The predicted molar refractivity (Wildman–Crippen MR) is 70.0 cm³/mol. The first kappa shape index (κ1) is 13.5. The van der Waals surface area contributed by atoms with E-state index < -0.39 is 17.1 Å². The average Bonchev–Trinajstić information content (AvgIpc) is 3.12. The Morgan fingerprint density at radius 2 is 1.84 bits per heavy atom. The van der Waals surface area contributed by atoms with Crippen molar-refractivity contribution >= 4 is 17.5 Å². The number of benzene rings is 1. The highest BCUT2D eigenvalue weighted by Gasteiger charge is 2.56. The van der Waals surface area contributed by atoms with Crippen LogP contribution in [0.4, 0.5) is 10.1 Å². The summed E-state index contributed by atoms with van der Waals surface area (Å²) in [5.41, 5.74) is -0.914. The molecular formula is C14H17FN2O2. The lowest BCUT2D eigenvalue weighted by molar-refractivity contribution is -0.134. The highest BCUT2D eigenvalue weighted by atomic mass is 19.1. The number of carbonyl (C=O) groups is 2. The van der Waals surface area contributed by atoms with E-state index in [-0.39, 0.29) is 17.6 Å². The van der Waals surface area contributed by atoms with Crippen molar-refractivity contribution in [2.45, 2.75) is 32.7 Å². The van der Waals surface area contributed by atoms with E-state index in [4.69, 9.17) is 0 Å².